The van der Waals surface area contributed by atoms with Gasteiger partial charge in [0.2, 0.25) is 0 Å². The first kappa shape index (κ1) is 12.3. The summed E-state index contributed by atoms with van der Waals surface area (Å²) in [6.07, 6.45) is 3.45. The molecule has 0 aliphatic carbocycles. The van der Waals surface area contributed by atoms with Crippen LogP contribution < -0.4 is 0 Å². The van der Waals surface area contributed by atoms with Crippen LogP contribution in [-0.2, 0) is 5.33 Å². The molecule has 5 nitrogen and oxygen atoms in total. The number of benzene rings is 1. The van der Waals surface area contributed by atoms with Gasteiger partial charge in [-0.2, -0.15) is 5.10 Å². The fourth-order valence-corrected chi connectivity index (χ4v) is 2.18. The van der Waals surface area contributed by atoms with E-state index in [9.17, 15) is 10.1 Å². The molecule has 0 aliphatic heterocycles. The maximum Gasteiger partial charge on any atom is 0.273 e. The standard InChI is InChI=1S/C10H7Br2N3O2/c11-4-7-3-9(1-2-10(7)15(16)17)14-6-8(12)5-13-14/h1-3,5-6H,4H2. The van der Waals surface area contributed by atoms with Crippen LogP contribution in [0.4, 0.5) is 5.69 Å². The zero-order valence-electron chi connectivity index (χ0n) is 8.51. The van der Waals surface area contributed by atoms with E-state index in [4.69, 9.17) is 0 Å². The van der Waals surface area contributed by atoms with Crippen LogP contribution in [0.2, 0.25) is 0 Å². The van der Waals surface area contributed by atoms with E-state index in [2.05, 4.69) is 37.0 Å². The summed E-state index contributed by atoms with van der Waals surface area (Å²) in [4.78, 5) is 10.4. The molecule has 0 saturated carbocycles. The number of alkyl halides is 1. The van der Waals surface area contributed by atoms with Gasteiger partial charge in [-0.25, -0.2) is 4.68 Å². The molecule has 0 spiro atoms. The first-order chi connectivity index (χ1) is 8.11. The van der Waals surface area contributed by atoms with E-state index in [1.807, 2.05) is 0 Å². The first-order valence-electron chi connectivity index (χ1n) is 4.65. The molecular formula is C10H7Br2N3O2. The van der Waals surface area contributed by atoms with Gasteiger partial charge in [-0.3, -0.25) is 10.1 Å². The van der Waals surface area contributed by atoms with E-state index in [1.54, 1.807) is 29.2 Å². The summed E-state index contributed by atoms with van der Waals surface area (Å²) in [6.45, 7) is 0. The molecule has 0 amide bonds. The second-order valence-electron chi connectivity index (χ2n) is 3.31. The molecule has 2 rings (SSSR count). The second kappa shape index (κ2) is 4.97. The van der Waals surface area contributed by atoms with Crippen LogP contribution >= 0.6 is 31.9 Å². The van der Waals surface area contributed by atoms with Crippen molar-refractivity contribution in [1.82, 2.24) is 9.78 Å². The Morgan fingerprint density at radius 2 is 2.24 bits per heavy atom. The predicted molar refractivity (Wildman–Crippen MR) is 70.5 cm³/mol. The first-order valence-corrected chi connectivity index (χ1v) is 6.57. The third-order valence-corrected chi connectivity index (χ3v) is 3.23. The van der Waals surface area contributed by atoms with Gasteiger partial charge >= 0.3 is 0 Å². The van der Waals surface area contributed by atoms with Crippen LogP contribution in [0.25, 0.3) is 5.69 Å². The van der Waals surface area contributed by atoms with Gasteiger partial charge in [0, 0.05) is 23.2 Å². The Morgan fingerprint density at radius 3 is 2.76 bits per heavy atom. The van der Waals surface area contributed by atoms with Crippen LogP contribution in [0.5, 0.6) is 0 Å². The second-order valence-corrected chi connectivity index (χ2v) is 4.78. The zero-order valence-corrected chi connectivity index (χ0v) is 11.7. The van der Waals surface area contributed by atoms with Gasteiger partial charge in [0.25, 0.3) is 5.69 Å². The molecule has 0 radical (unpaired) electrons. The lowest BCUT2D eigenvalue weighted by molar-refractivity contribution is -0.385. The van der Waals surface area contributed by atoms with E-state index >= 15 is 0 Å². The monoisotopic (exact) mass is 359 g/mol. The van der Waals surface area contributed by atoms with Gasteiger partial charge in [0.15, 0.2) is 0 Å². The number of aromatic nitrogens is 2. The van der Waals surface area contributed by atoms with Crippen LogP contribution in [0, 0.1) is 10.1 Å². The number of nitrogens with zero attached hydrogens (tertiary/aromatic N) is 3. The summed E-state index contributed by atoms with van der Waals surface area (Å²) in [5.41, 5.74) is 1.52. The number of hydrogen-bond donors (Lipinski definition) is 0. The Labute approximate surface area is 114 Å². The molecule has 1 aromatic carbocycles. The van der Waals surface area contributed by atoms with Crippen molar-refractivity contribution in [3.8, 4) is 5.69 Å². The van der Waals surface area contributed by atoms with Gasteiger partial charge < -0.3 is 0 Å². The molecule has 88 valence electrons. The highest BCUT2D eigenvalue weighted by atomic mass is 79.9. The molecule has 7 heteroatoms. The Bertz CT molecular complexity index is 568. The quantitative estimate of drug-likeness (QED) is 0.478. The average molecular weight is 361 g/mol. The van der Waals surface area contributed by atoms with E-state index in [0.29, 0.717) is 10.9 Å². The molecule has 0 N–H and O–H groups in total. The smallest absolute Gasteiger partial charge is 0.258 e. The van der Waals surface area contributed by atoms with Gasteiger partial charge in [0.05, 0.1) is 21.3 Å². The van der Waals surface area contributed by atoms with Crippen molar-refractivity contribution < 1.29 is 4.92 Å². The van der Waals surface area contributed by atoms with Crippen LogP contribution in [0.15, 0.2) is 35.1 Å². The fourth-order valence-electron chi connectivity index (χ4n) is 1.44. The number of hydrogen-bond acceptors (Lipinski definition) is 3. The summed E-state index contributed by atoms with van der Waals surface area (Å²) in [5, 5.41) is 15.3. The molecular weight excluding hydrogens is 354 g/mol. The lowest BCUT2D eigenvalue weighted by atomic mass is 10.2. The summed E-state index contributed by atoms with van der Waals surface area (Å²) < 4.78 is 2.51. The minimum Gasteiger partial charge on any atom is -0.258 e. The number of halogens is 2. The highest BCUT2D eigenvalue weighted by Gasteiger charge is 2.13. The van der Waals surface area contributed by atoms with Gasteiger partial charge in [0.1, 0.15) is 0 Å². The average Bonchev–Trinajstić information content (AvgIpc) is 2.75. The summed E-state index contributed by atoms with van der Waals surface area (Å²) in [6, 6.07) is 4.90. The lowest BCUT2D eigenvalue weighted by Gasteiger charge is -2.04. The molecule has 0 saturated heterocycles. The van der Waals surface area contributed by atoms with E-state index in [0.717, 1.165) is 10.2 Å². The summed E-state index contributed by atoms with van der Waals surface area (Å²) >= 11 is 6.55. The normalized spacial score (nSPS) is 10.5. The Hall–Kier alpha value is -1.21. The Kier molecular flexibility index (Phi) is 3.58. The van der Waals surface area contributed by atoms with Gasteiger partial charge in [-0.1, -0.05) is 15.9 Å². The van der Waals surface area contributed by atoms with Crippen molar-refractivity contribution in [1.29, 1.82) is 0 Å². The Morgan fingerprint density at radius 1 is 1.47 bits per heavy atom. The predicted octanol–water partition coefficient (Wildman–Crippen LogP) is 3.44. The maximum atomic E-state index is 10.8. The van der Waals surface area contributed by atoms with Crippen LogP contribution in [0.1, 0.15) is 5.56 Å². The molecule has 0 aliphatic rings. The van der Waals surface area contributed by atoms with E-state index in [1.165, 1.54) is 6.07 Å². The van der Waals surface area contributed by atoms with Crippen LogP contribution in [0.3, 0.4) is 0 Å². The van der Waals surface area contributed by atoms with Crippen molar-refractivity contribution in [3.63, 3.8) is 0 Å². The number of rotatable bonds is 3. The SMILES string of the molecule is O=[N+]([O-])c1ccc(-n2cc(Br)cn2)cc1CBr. The van der Waals surface area contributed by atoms with Crippen LogP contribution in [-0.4, -0.2) is 14.7 Å². The molecule has 0 atom stereocenters. The largest absolute Gasteiger partial charge is 0.273 e. The highest BCUT2D eigenvalue weighted by Crippen LogP contribution is 2.24. The van der Waals surface area contributed by atoms with E-state index < -0.39 is 0 Å². The van der Waals surface area contributed by atoms with Crippen molar-refractivity contribution in [3.05, 3.63) is 50.7 Å². The summed E-state index contributed by atoms with van der Waals surface area (Å²) in [5.74, 6) is 0. The van der Waals surface area contributed by atoms with Crippen molar-refractivity contribution >= 4 is 37.5 Å². The van der Waals surface area contributed by atoms with Gasteiger partial charge in [-0.05, 0) is 28.1 Å². The molecule has 1 aromatic heterocycles. The molecule has 2 aromatic rings. The number of nitro benzene ring substituents is 1. The van der Waals surface area contributed by atoms with Crippen molar-refractivity contribution in [2.75, 3.05) is 0 Å². The fraction of sp³-hybridized carbons (Fsp3) is 0.100. The molecule has 0 unspecified atom stereocenters. The van der Waals surface area contributed by atoms with Crippen molar-refractivity contribution in [2.24, 2.45) is 0 Å². The third kappa shape index (κ3) is 2.55. The third-order valence-electron chi connectivity index (χ3n) is 2.22. The minimum atomic E-state index is -0.390. The topological polar surface area (TPSA) is 61.0 Å². The Balaban J connectivity index is 2.48. The maximum absolute atomic E-state index is 10.8. The highest BCUT2D eigenvalue weighted by molar-refractivity contribution is 9.10. The molecule has 17 heavy (non-hydrogen) atoms. The van der Waals surface area contributed by atoms with Crippen molar-refractivity contribution in [2.45, 2.75) is 5.33 Å². The molecule has 1 heterocycles. The summed E-state index contributed by atoms with van der Waals surface area (Å²) in [7, 11) is 0. The number of nitro groups is 1. The van der Waals surface area contributed by atoms with E-state index in [-0.39, 0.29) is 10.6 Å². The zero-order chi connectivity index (χ0) is 12.4. The van der Waals surface area contributed by atoms with Gasteiger partial charge in [-0.15, -0.1) is 0 Å². The lowest BCUT2D eigenvalue weighted by Crippen LogP contribution is -1.98. The molecule has 0 bridgehead atoms. The minimum absolute atomic E-state index is 0.108. The molecule has 0 fully saturated rings.